The summed E-state index contributed by atoms with van der Waals surface area (Å²) in [4.78, 5) is 33.1. The van der Waals surface area contributed by atoms with Crippen LogP contribution in [0.1, 0.15) is 24.9 Å². The van der Waals surface area contributed by atoms with E-state index in [1.807, 2.05) is 17.4 Å². The van der Waals surface area contributed by atoms with Crippen LogP contribution in [0.4, 0.5) is 0 Å². The number of nitrogens with zero attached hydrogens (tertiary/aromatic N) is 6. The van der Waals surface area contributed by atoms with E-state index in [1.54, 1.807) is 29.5 Å². The van der Waals surface area contributed by atoms with Gasteiger partial charge in [0.15, 0.2) is 5.65 Å². The molecular formula is C17H17N7O. The van der Waals surface area contributed by atoms with Gasteiger partial charge in [0.1, 0.15) is 23.2 Å². The topological polar surface area (TPSA) is 93.8 Å². The van der Waals surface area contributed by atoms with E-state index >= 15 is 0 Å². The van der Waals surface area contributed by atoms with Gasteiger partial charge in [0.25, 0.3) is 5.56 Å². The summed E-state index contributed by atoms with van der Waals surface area (Å²) in [7, 11) is 0. The number of fused-ring (bicyclic) bond motifs is 3. The van der Waals surface area contributed by atoms with Gasteiger partial charge in [-0.05, 0) is 12.8 Å². The van der Waals surface area contributed by atoms with Crippen LogP contribution in [0.15, 0.2) is 42.4 Å². The highest BCUT2D eigenvalue weighted by Gasteiger charge is 2.16. The van der Waals surface area contributed by atoms with Gasteiger partial charge in [0, 0.05) is 18.8 Å². The monoisotopic (exact) mass is 335 g/mol. The normalized spacial score (nSPS) is 11.4. The van der Waals surface area contributed by atoms with Crippen molar-refractivity contribution in [2.24, 2.45) is 0 Å². The van der Waals surface area contributed by atoms with Crippen molar-refractivity contribution in [3.63, 3.8) is 0 Å². The first-order valence-corrected chi connectivity index (χ1v) is 8.11. The average Bonchev–Trinajstić information content (AvgIpc) is 3.29. The van der Waals surface area contributed by atoms with Gasteiger partial charge in [-0.2, -0.15) is 4.98 Å². The second-order valence-electron chi connectivity index (χ2n) is 5.67. The summed E-state index contributed by atoms with van der Waals surface area (Å²) < 4.78 is 3.56. The Morgan fingerprint density at radius 3 is 2.96 bits per heavy atom. The minimum atomic E-state index is -0.196. The molecule has 0 spiro atoms. The highest BCUT2D eigenvalue weighted by molar-refractivity contribution is 5.77. The lowest BCUT2D eigenvalue weighted by molar-refractivity contribution is 0.858. The average molecular weight is 335 g/mol. The molecule has 4 rings (SSSR count). The molecule has 0 aromatic carbocycles. The zero-order valence-electron chi connectivity index (χ0n) is 13.8. The Morgan fingerprint density at radius 1 is 1.36 bits per heavy atom. The molecule has 1 N–H and O–H groups in total. The standard InChI is InChI=1S/C17H17N7O/c1-3-5-6-13-19-9-12-16(25)21-14-11(4-2)20-17(22-15(14)24(12)13)23-8-7-18-10-23/h3,7-10H,1,4-6H2,2H3,(H,21,25). The second kappa shape index (κ2) is 5.97. The first-order chi connectivity index (χ1) is 12.2. The Labute approximate surface area is 142 Å². The predicted octanol–water partition coefficient (Wildman–Crippen LogP) is 1.83. The number of H-pyrrole nitrogens is 1. The molecule has 8 nitrogen and oxygen atoms in total. The molecule has 0 fully saturated rings. The number of rotatable bonds is 5. The van der Waals surface area contributed by atoms with E-state index in [9.17, 15) is 4.79 Å². The molecule has 25 heavy (non-hydrogen) atoms. The van der Waals surface area contributed by atoms with E-state index in [4.69, 9.17) is 0 Å². The van der Waals surface area contributed by atoms with Gasteiger partial charge in [-0.25, -0.2) is 15.0 Å². The third-order valence-corrected chi connectivity index (χ3v) is 4.11. The maximum Gasteiger partial charge on any atom is 0.274 e. The summed E-state index contributed by atoms with van der Waals surface area (Å²) in [5, 5.41) is 0. The van der Waals surface area contributed by atoms with Crippen molar-refractivity contribution < 1.29 is 0 Å². The van der Waals surface area contributed by atoms with Crippen molar-refractivity contribution in [1.82, 2.24) is 33.9 Å². The summed E-state index contributed by atoms with van der Waals surface area (Å²) >= 11 is 0. The van der Waals surface area contributed by atoms with E-state index in [1.165, 1.54) is 0 Å². The largest absolute Gasteiger partial charge is 0.316 e. The third-order valence-electron chi connectivity index (χ3n) is 4.11. The number of aromatic nitrogens is 7. The van der Waals surface area contributed by atoms with E-state index < -0.39 is 0 Å². The molecule has 0 radical (unpaired) electrons. The van der Waals surface area contributed by atoms with E-state index in [0.29, 0.717) is 35.5 Å². The van der Waals surface area contributed by atoms with Crippen molar-refractivity contribution in [1.29, 1.82) is 0 Å². The molecule has 0 aliphatic rings. The van der Waals surface area contributed by atoms with E-state index in [0.717, 1.165) is 17.9 Å². The number of aromatic amines is 1. The van der Waals surface area contributed by atoms with Crippen LogP contribution in [0, 0.1) is 0 Å². The van der Waals surface area contributed by atoms with Crippen LogP contribution in [0.3, 0.4) is 0 Å². The second-order valence-corrected chi connectivity index (χ2v) is 5.67. The van der Waals surface area contributed by atoms with Crippen molar-refractivity contribution in [3.05, 3.63) is 59.4 Å². The molecule has 8 heteroatoms. The molecule has 0 atom stereocenters. The van der Waals surface area contributed by atoms with Crippen molar-refractivity contribution in [3.8, 4) is 5.95 Å². The summed E-state index contributed by atoms with van der Waals surface area (Å²) in [5.74, 6) is 1.29. The molecule has 0 bridgehead atoms. The molecule has 0 aliphatic carbocycles. The number of aryl methyl sites for hydroxylation is 2. The van der Waals surface area contributed by atoms with Gasteiger partial charge in [0.2, 0.25) is 5.95 Å². The zero-order chi connectivity index (χ0) is 17.4. The quantitative estimate of drug-likeness (QED) is 0.562. The molecular weight excluding hydrogens is 318 g/mol. The Balaban J connectivity index is 2.10. The van der Waals surface area contributed by atoms with Gasteiger partial charge < -0.3 is 4.98 Å². The van der Waals surface area contributed by atoms with Crippen molar-refractivity contribution in [2.45, 2.75) is 26.2 Å². The van der Waals surface area contributed by atoms with E-state index in [-0.39, 0.29) is 5.56 Å². The highest BCUT2D eigenvalue weighted by atomic mass is 16.1. The van der Waals surface area contributed by atoms with Crippen LogP contribution in [-0.4, -0.2) is 33.9 Å². The minimum absolute atomic E-state index is 0.196. The lowest BCUT2D eigenvalue weighted by Gasteiger charge is -2.10. The van der Waals surface area contributed by atoms with Crippen molar-refractivity contribution >= 4 is 16.7 Å². The third kappa shape index (κ3) is 2.42. The van der Waals surface area contributed by atoms with Crippen LogP contribution in [0.5, 0.6) is 0 Å². The van der Waals surface area contributed by atoms with Gasteiger partial charge in [0.05, 0.1) is 11.9 Å². The van der Waals surface area contributed by atoms with Gasteiger partial charge in [-0.15, -0.1) is 6.58 Å². The molecule has 4 aromatic rings. The van der Waals surface area contributed by atoms with E-state index in [2.05, 4.69) is 31.5 Å². The Kier molecular flexibility index (Phi) is 3.64. The van der Waals surface area contributed by atoms with Gasteiger partial charge in [-0.3, -0.25) is 13.8 Å². The zero-order valence-corrected chi connectivity index (χ0v) is 13.8. The van der Waals surface area contributed by atoms with Crippen LogP contribution < -0.4 is 5.56 Å². The number of allylic oxidation sites excluding steroid dienone is 1. The number of hydrogen-bond donors (Lipinski definition) is 1. The SMILES string of the molecule is C=CCCc1ncc2c(=O)[nH]c3c(CC)nc(-n4ccnc4)nc3n12. The van der Waals surface area contributed by atoms with Gasteiger partial charge >= 0.3 is 0 Å². The molecule has 0 saturated carbocycles. The Morgan fingerprint density at radius 2 is 2.24 bits per heavy atom. The predicted molar refractivity (Wildman–Crippen MR) is 93.9 cm³/mol. The fourth-order valence-corrected chi connectivity index (χ4v) is 2.89. The maximum atomic E-state index is 12.5. The van der Waals surface area contributed by atoms with Gasteiger partial charge in [-0.1, -0.05) is 13.0 Å². The summed E-state index contributed by atoms with van der Waals surface area (Å²) in [6, 6.07) is 0. The smallest absolute Gasteiger partial charge is 0.274 e. The van der Waals surface area contributed by atoms with Crippen LogP contribution in [-0.2, 0) is 12.8 Å². The fourth-order valence-electron chi connectivity index (χ4n) is 2.89. The van der Waals surface area contributed by atoms with Crippen molar-refractivity contribution in [2.75, 3.05) is 0 Å². The molecule has 4 aromatic heterocycles. The summed E-state index contributed by atoms with van der Waals surface area (Å²) in [6.07, 6.45) is 10.6. The first kappa shape index (κ1) is 15.3. The Bertz CT molecular complexity index is 1120. The van der Waals surface area contributed by atoms with Crippen LogP contribution in [0.25, 0.3) is 22.6 Å². The molecule has 0 unspecified atom stereocenters. The maximum absolute atomic E-state index is 12.5. The molecule has 4 heterocycles. The summed E-state index contributed by atoms with van der Waals surface area (Å²) in [6.45, 7) is 5.75. The number of hydrogen-bond acceptors (Lipinski definition) is 5. The fraction of sp³-hybridized carbons (Fsp3) is 0.235. The lowest BCUT2D eigenvalue weighted by Crippen LogP contribution is -2.15. The molecule has 0 aliphatic heterocycles. The molecule has 126 valence electrons. The van der Waals surface area contributed by atoms with Crippen LogP contribution in [0.2, 0.25) is 0 Å². The molecule has 0 saturated heterocycles. The highest BCUT2D eigenvalue weighted by Crippen LogP contribution is 2.18. The first-order valence-electron chi connectivity index (χ1n) is 8.11. The summed E-state index contributed by atoms with van der Waals surface area (Å²) in [5.41, 5.74) is 2.34. The number of nitrogens with one attached hydrogen (secondary N) is 1. The number of imidazole rings is 2. The van der Waals surface area contributed by atoms with Crippen LogP contribution >= 0.6 is 0 Å². The molecule has 0 amide bonds. The minimum Gasteiger partial charge on any atom is -0.316 e. The Hall–Kier alpha value is -3.29. The lowest BCUT2D eigenvalue weighted by atomic mass is 10.2.